The van der Waals surface area contributed by atoms with Crippen molar-refractivity contribution in [2.45, 2.75) is 83.1 Å². The molecule has 5 aromatic carbocycles. The van der Waals surface area contributed by atoms with E-state index >= 15 is 0 Å². The molecule has 0 spiro atoms. The maximum Gasteiger partial charge on any atom is 0.199 e. The minimum atomic E-state index is 0.960. The van der Waals surface area contributed by atoms with Crippen molar-refractivity contribution < 1.29 is 4.58 Å². The van der Waals surface area contributed by atoms with Gasteiger partial charge in [0.05, 0.1) is 0 Å². The summed E-state index contributed by atoms with van der Waals surface area (Å²) in [6.07, 6.45) is 16.6. The Labute approximate surface area is 442 Å². The van der Waals surface area contributed by atoms with Gasteiger partial charge in [0.15, 0.2) is 5.71 Å². The molecule has 0 bridgehead atoms. The minimum Gasteiger partial charge on any atom is -0.372 e. The van der Waals surface area contributed by atoms with Crippen molar-refractivity contribution in [2.24, 2.45) is 0 Å². The molecule has 6 heteroatoms. The Morgan fingerprint density at radius 2 is 0.562 bits per heavy atom. The first-order chi connectivity index (χ1) is 35.6. The van der Waals surface area contributed by atoms with Crippen LogP contribution in [0.1, 0.15) is 111 Å². The van der Waals surface area contributed by atoms with Crippen molar-refractivity contribution >= 4 is 50.9 Å². The highest BCUT2D eigenvalue weighted by molar-refractivity contribution is 6.04. The molecule has 0 atom stereocenters. The van der Waals surface area contributed by atoms with E-state index in [1.165, 1.54) is 84.3 Å². The van der Waals surface area contributed by atoms with E-state index in [4.69, 9.17) is 0 Å². The first kappa shape index (κ1) is 55.5. The maximum absolute atomic E-state index is 2.45. The summed E-state index contributed by atoms with van der Waals surface area (Å²) in [4.78, 5) is 12.1. The molecule has 5 aromatic rings. The van der Waals surface area contributed by atoms with E-state index in [1.807, 2.05) is 0 Å². The van der Waals surface area contributed by atoms with Gasteiger partial charge in [-0.1, -0.05) is 60.7 Å². The Bertz CT molecular complexity index is 2440. The molecule has 0 aliphatic heterocycles. The van der Waals surface area contributed by atoms with E-state index in [9.17, 15) is 0 Å². The largest absolute Gasteiger partial charge is 0.372 e. The Morgan fingerprint density at radius 3 is 0.795 bits per heavy atom. The molecular formula is C67H87N6+. The normalized spacial score (nSPS) is 11.8. The molecule has 0 saturated carbocycles. The third kappa shape index (κ3) is 13.8. The predicted octanol–water partition coefficient (Wildman–Crippen LogP) is 15.5. The Kier molecular flexibility index (Phi) is 21.2. The summed E-state index contributed by atoms with van der Waals surface area (Å²) in [5.41, 5.74) is 19.1. The summed E-state index contributed by atoms with van der Waals surface area (Å²) >= 11 is 0. The summed E-state index contributed by atoms with van der Waals surface area (Å²) in [5, 5.41) is 0. The maximum atomic E-state index is 2.45. The summed E-state index contributed by atoms with van der Waals surface area (Å²) in [6.45, 7) is 38.3. The van der Waals surface area contributed by atoms with Crippen LogP contribution in [0.15, 0.2) is 175 Å². The molecule has 0 N–H and O–H groups in total. The second kappa shape index (κ2) is 27.9. The molecule has 6 nitrogen and oxygen atoms in total. The van der Waals surface area contributed by atoms with E-state index in [-0.39, 0.29) is 0 Å². The molecule has 73 heavy (non-hydrogen) atoms. The van der Waals surface area contributed by atoms with Crippen molar-refractivity contribution in [3.8, 4) is 0 Å². The van der Waals surface area contributed by atoms with Crippen LogP contribution in [0.5, 0.6) is 0 Å². The van der Waals surface area contributed by atoms with E-state index < -0.39 is 0 Å². The zero-order valence-corrected chi connectivity index (χ0v) is 46.8. The topological polar surface area (TPSA) is 19.2 Å². The zero-order chi connectivity index (χ0) is 52.3. The molecule has 0 amide bonds. The summed E-state index contributed by atoms with van der Waals surface area (Å²) in [6, 6.07) is 46.2. The minimum absolute atomic E-state index is 0.960. The monoisotopic (exact) mass is 976 g/mol. The Hall–Kier alpha value is -6.79. The van der Waals surface area contributed by atoms with Crippen LogP contribution in [0.3, 0.4) is 0 Å². The summed E-state index contributed by atoms with van der Waals surface area (Å²) in [7, 11) is 0. The fourth-order valence-corrected chi connectivity index (χ4v) is 10.3. The van der Waals surface area contributed by atoms with Crippen molar-refractivity contribution in [3.05, 3.63) is 203 Å². The van der Waals surface area contributed by atoms with Crippen LogP contribution in [0, 0.1) is 0 Å². The average Bonchev–Trinajstić information content (AvgIpc) is 3.44. The molecule has 1 aliphatic carbocycles. The molecule has 0 heterocycles. The van der Waals surface area contributed by atoms with Crippen LogP contribution in [0.2, 0.25) is 0 Å². The van der Waals surface area contributed by atoms with Crippen molar-refractivity contribution in [1.29, 1.82) is 0 Å². The molecule has 0 fully saturated rings. The Morgan fingerprint density at radius 1 is 0.315 bits per heavy atom. The van der Waals surface area contributed by atoms with E-state index in [1.54, 1.807) is 0 Å². The number of nitrogens with zero attached hydrogens (tertiary/aromatic N) is 6. The van der Waals surface area contributed by atoms with Crippen LogP contribution < -0.4 is 24.5 Å². The van der Waals surface area contributed by atoms with Gasteiger partial charge in [-0.05, 0) is 230 Å². The highest BCUT2D eigenvalue weighted by Crippen LogP contribution is 2.36. The van der Waals surface area contributed by atoms with Gasteiger partial charge in [0.1, 0.15) is 13.1 Å². The highest BCUT2D eigenvalue weighted by atomic mass is 15.1. The highest BCUT2D eigenvalue weighted by Gasteiger charge is 2.17. The van der Waals surface area contributed by atoms with Gasteiger partial charge in [0.2, 0.25) is 0 Å². The van der Waals surface area contributed by atoms with Crippen LogP contribution in [-0.2, 0) is 0 Å². The lowest BCUT2D eigenvalue weighted by Gasteiger charge is -2.23. The summed E-state index contributed by atoms with van der Waals surface area (Å²) in [5.74, 6) is 0. The van der Waals surface area contributed by atoms with Crippen LogP contribution in [-0.4, -0.2) is 88.8 Å². The average molecular weight is 976 g/mol. The first-order valence-electron chi connectivity index (χ1n) is 27.8. The smallest absolute Gasteiger partial charge is 0.199 e. The zero-order valence-electron chi connectivity index (χ0n) is 46.8. The third-order valence-corrected chi connectivity index (χ3v) is 14.8. The molecule has 1 aliphatic rings. The van der Waals surface area contributed by atoms with E-state index in [0.717, 1.165) is 84.1 Å². The lowest BCUT2D eigenvalue weighted by molar-refractivity contribution is -0.519. The van der Waals surface area contributed by atoms with Crippen LogP contribution in [0.25, 0.3) is 16.7 Å². The van der Waals surface area contributed by atoms with Gasteiger partial charge in [-0.15, -0.1) is 0 Å². The molecule has 6 rings (SSSR count). The fraction of sp³-hybridized carbons (Fsp3) is 0.358. The number of hydrogen-bond donors (Lipinski definition) is 0. The molecule has 0 unspecified atom stereocenters. The predicted molar refractivity (Wildman–Crippen MR) is 324 cm³/mol. The first-order valence-corrected chi connectivity index (χ1v) is 27.8. The van der Waals surface area contributed by atoms with Gasteiger partial charge >= 0.3 is 0 Å². The van der Waals surface area contributed by atoms with E-state index in [0.29, 0.717) is 0 Å². The standard InChI is InChI=1S/C67H87N6/c1-13-68(14-2)59-37-25-53(26-38-59)65(54-27-39-60(40-28-54)69(15-3)16-4)49-52(50-66(55-29-41-61(42-30-55)70(17-5)18-6)56-31-43-62(44-32-56)71(19-7)20-8)51-67(57-33-45-63(46-34-57)72(21-9)22-10)58-35-47-64(48-36-58)73(23-11)24-12/h25-51H,13-24H2,1-12H3/q+1. The fourth-order valence-electron chi connectivity index (χ4n) is 10.3. The molecular weight excluding hydrogens is 889 g/mol. The number of allylic oxidation sites excluding steroid dienone is 10. The molecule has 0 aromatic heterocycles. The lowest BCUT2D eigenvalue weighted by Crippen LogP contribution is -2.21. The second-order valence-corrected chi connectivity index (χ2v) is 18.5. The molecule has 0 saturated heterocycles. The number of benzene rings is 5. The van der Waals surface area contributed by atoms with Gasteiger partial charge in [-0.25, -0.2) is 4.58 Å². The van der Waals surface area contributed by atoms with Crippen molar-refractivity contribution in [2.75, 3.05) is 103 Å². The molecule has 384 valence electrons. The van der Waals surface area contributed by atoms with Crippen molar-refractivity contribution in [3.63, 3.8) is 0 Å². The third-order valence-electron chi connectivity index (χ3n) is 14.8. The van der Waals surface area contributed by atoms with Crippen molar-refractivity contribution in [1.82, 2.24) is 0 Å². The Balaban J connectivity index is 1.74. The number of hydrogen-bond acceptors (Lipinski definition) is 5. The van der Waals surface area contributed by atoms with Crippen LogP contribution >= 0.6 is 0 Å². The summed E-state index contributed by atoms with van der Waals surface area (Å²) < 4.78 is 2.42. The van der Waals surface area contributed by atoms with E-state index in [2.05, 4.69) is 276 Å². The van der Waals surface area contributed by atoms with Gasteiger partial charge < -0.3 is 24.5 Å². The van der Waals surface area contributed by atoms with Gasteiger partial charge in [0.25, 0.3) is 0 Å². The van der Waals surface area contributed by atoms with Gasteiger partial charge in [0, 0.05) is 106 Å². The van der Waals surface area contributed by atoms with Gasteiger partial charge in [-0.2, -0.15) is 0 Å². The molecule has 0 radical (unpaired) electrons. The van der Waals surface area contributed by atoms with Gasteiger partial charge in [-0.3, -0.25) is 0 Å². The van der Waals surface area contributed by atoms with Crippen LogP contribution in [0.4, 0.5) is 28.4 Å². The quantitative estimate of drug-likeness (QED) is 0.0427. The second-order valence-electron chi connectivity index (χ2n) is 18.5. The number of anilines is 5. The SMILES string of the molecule is CCN(CC)c1ccc(C(=CC(=CC(=C2C=CC(=[N+](CC)CC)C=C2)c2ccc(N(CC)CC)cc2)C=C(c2ccc(N(CC)CC)cc2)c2ccc(N(CC)CC)cc2)c2ccc(N(CC)CC)cc2)cc1. The lowest BCUT2D eigenvalue weighted by atomic mass is 9.89. The number of rotatable bonds is 25.